The van der Waals surface area contributed by atoms with Crippen molar-refractivity contribution in [3.05, 3.63) is 12.7 Å². The molecule has 1 atom stereocenters. The molecule has 100 valence electrons. The fraction of sp³-hybridized carbons (Fsp3) is 0.818. The summed E-state index contributed by atoms with van der Waals surface area (Å²) in [5.74, 6) is 0. The number of allylic oxidation sites excluding steroid dienone is 1. The van der Waals surface area contributed by atoms with E-state index in [0.717, 1.165) is 6.61 Å². The molecule has 1 aliphatic rings. The molecule has 1 rings (SSSR count). The zero-order chi connectivity index (χ0) is 13.4. The molecular formula is C11H26O5. The Morgan fingerprint density at radius 3 is 1.56 bits per heavy atom. The van der Waals surface area contributed by atoms with Crippen molar-refractivity contribution < 1.29 is 25.2 Å². The van der Waals surface area contributed by atoms with Crippen LogP contribution in [0.5, 0.6) is 0 Å². The first-order valence-electron chi connectivity index (χ1n) is 5.23. The molecular weight excluding hydrogens is 212 g/mol. The van der Waals surface area contributed by atoms with Crippen molar-refractivity contribution >= 4 is 0 Å². The van der Waals surface area contributed by atoms with E-state index in [4.69, 9.17) is 25.2 Å². The average Bonchev–Trinajstić information content (AvgIpc) is 3.03. The normalized spacial score (nSPS) is 15.6. The topological polar surface area (TPSA) is 93.5 Å². The zero-order valence-electron chi connectivity index (χ0n) is 10.5. The summed E-state index contributed by atoms with van der Waals surface area (Å²) < 4.78 is 4.71. The van der Waals surface area contributed by atoms with E-state index in [2.05, 4.69) is 13.5 Å². The van der Waals surface area contributed by atoms with Crippen molar-refractivity contribution in [1.29, 1.82) is 0 Å². The molecule has 1 unspecified atom stereocenters. The van der Waals surface area contributed by atoms with Gasteiger partial charge in [0.15, 0.2) is 0 Å². The van der Waals surface area contributed by atoms with Crippen molar-refractivity contribution in [3.63, 3.8) is 0 Å². The molecule has 0 saturated carbocycles. The molecule has 5 nitrogen and oxygen atoms in total. The smallest absolute Gasteiger partial charge is 0.100 e. The summed E-state index contributed by atoms with van der Waals surface area (Å²) in [7, 11) is 0. The number of aliphatic hydroxyl groups is 4. The maximum absolute atomic E-state index is 8.17. The first-order chi connectivity index (χ1) is 7.53. The summed E-state index contributed by atoms with van der Waals surface area (Å²) >= 11 is 0. The Morgan fingerprint density at radius 1 is 1.38 bits per heavy atom. The van der Waals surface area contributed by atoms with Crippen LogP contribution in [-0.2, 0) is 4.74 Å². The third-order valence-corrected chi connectivity index (χ3v) is 0.921. The van der Waals surface area contributed by atoms with Gasteiger partial charge in [0.2, 0.25) is 0 Å². The van der Waals surface area contributed by atoms with Gasteiger partial charge in [-0.3, -0.25) is 0 Å². The van der Waals surface area contributed by atoms with Gasteiger partial charge in [-0.2, -0.15) is 0 Å². The minimum absolute atomic E-state index is 0.250. The van der Waals surface area contributed by atoms with Crippen molar-refractivity contribution in [2.24, 2.45) is 0 Å². The Bertz CT molecular complexity index is 111. The van der Waals surface area contributed by atoms with E-state index < -0.39 is 6.10 Å². The lowest BCUT2D eigenvalue weighted by Crippen LogP contribution is -2.15. The molecule has 1 heterocycles. The Morgan fingerprint density at radius 2 is 1.56 bits per heavy atom. The van der Waals surface area contributed by atoms with Crippen LogP contribution in [0.25, 0.3) is 0 Å². The lowest BCUT2D eigenvalue weighted by Gasteiger charge is -1.96. The third kappa shape index (κ3) is 49.8. The minimum atomic E-state index is -0.954. The van der Waals surface area contributed by atoms with Gasteiger partial charge in [0.1, 0.15) is 6.10 Å². The van der Waals surface area contributed by atoms with E-state index in [0.29, 0.717) is 6.10 Å². The molecule has 16 heavy (non-hydrogen) atoms. The average molecular weight is 238 g/mol. The molecule has 0 amide bonds. The fourth-order valence-corrected chi connectivity index (χ4v) is 0.154. The molecule has 0 aromatic carbocycles. The molecule has 0 bridgehead atoms. The third-order valence-electron chi connectivity index (χ3n) is 0.921. The SMILES string of the molecule is C=CC.CC1CO1.CCO.OCC(O)CO. The van der Waals surface area contributed by atoms with Crippen LogP contribution in [0.4, 0.5) is 0 Å². The number of hydrogen-bond acceptors (Lipinski definition) is 5. The summed E-state index contributed by atoms with van der Waals surface area (Å²) in [5.41, 5.74) is 0. The van der Waals surface area contributed by atoms with E-state index >= 15 is 0 Å². The van der Waals surface area contributed by atoms with Crippen molar-refractivity contribution in [2.75, 3.05) is 26.4 Å². The van der Waals surface area contributed by atoms with E-state index in [1.807, 2.05) is 6.92 Å². The second-order valence-electron chi connectivity index (χ2n) is 2.89. The van der Waals surface area contributed by atoms with E-state index in [-0.39, 0.29) is 19.8 Å². The highest BCUT2D eigenvalue weighted by Gasteiger charge is 2.13. The second kappa shape index (κ2) is 20.0. The number of aliphatic hydroxyl groups excluding tert-OH is 4. The maximum Gasteiger partial charge on any atom is 0.100 e. The standard InChI is InChI=1S/C3H8O3.C3H6O.C3H6.C2H6O/c4-1-3(6)2-5;1-3-2-4-3;1-3-2;1-2-3/h3-6H,1-2H2;3H,2H2,1H3;3H,1H2,2H3;3H,2H2,1H3. The Kier molecular flexibility index (Phi) is 26.1. The summed E-state index contributed by atoms with van der Waals surface area (Å²) in [4.78, 5) is 0. The van der Waals surface area contributed by atoms with Crippen LogP contribution < -0.4 is 0 Å². The highest BCUT2D eigenvalue weighted by Crippen LogP contribution is 2.04. The Hall–Kier alpha value is -0.460. The van der Waals surface area contributed by atoms with Gasteiger partial charge in [-0.1, -0.05) is 6.08 Å². The minimum Gasteiger partial charge on any atom is -0.397 e. The van der Waals surface area contributed by atoms with Gasteiger partial charge in [-0.25, -0.2) is 0 Å². The molecule has 1 aliphatic heterocycles. The summed E-state index contributed by atoms with van der Waals surface area (Å²) in [6, 6.07) is 0. The highest BCUT2D eigenvalue weighted by atomic mass is 16.6. The maximum atomic E-state index is 8.17. The predicted molar refractivity (Wildman–Crippen MR) is 64.2 cm³/mol. The number of ether oxygens (including phenoxy) is 1. The van der Waals surface area contributed by atoms with Crippen molar-refractivity contribution in [2.45, 2.75) is 33.0 Å². The van der Waals surface area contributed by atoms with Crippen molar-refractivity contribution in [3.8, 4) is 0 Å². The Labute approximate surface area is 98.0 Å². The largest absolute Gasteiger partial charge is 0.397 e. The molecule has 0 spiro atoms. The molecule has 1 saturated heterocycles. The molecule has 1 fully saturated rings. The van der Waals surface area contributed by atoms with Crippen LogP contribution in [0.15, 0.2) is 12.7 Å². The van der Waals surface area contributed by atoms with Crippen LogP contribution >= 0.6 is 0 Å². The Balaban J connectivity index is -0.000000148. The first-order valence-corrected chi connectivity index (χ1v) is 5.23. The van der Waals surface area contributed by atoms with Gasteiger partial charge in [-0.05, 0) is 20.8 Å². The highest BCUT2D eigenvalue weighted by molar-refractivity contribution is 4.58. The van der Waals surface area contributed by atoms with Crippen LogP contribution in [0.3, 0.4) is 0 Å². The monoisotopic (exact) mass is 238 g/mol. The lowest BCUT2D eigenvalue weighted by atomic mass is 10.4. The quantitative estimate of drug-likeness (QED) is 0.399. The number of rotatable bonds is 2. The van der Waals surface area contributed by atoms with Gasteiger partial charge < -0.3 is 25.2 Å². The fourth-order valence-electron chi connectivity index (χ4n) is 0.154. The van der Waals surface area contributed by atoms with Crippen LogP contribution in [-0.4, -0.2) is 59.1 Å². The van der Waals surface area contributed by atoms with Crippen LogP contribution in [0.1, 0.15) is 20.8 Å². The summed E-state index contributed by atoms with van der Waals surface area (Å²) in [6.07, 6.45) is 1.38. The van der Waals surface area contributed by atoms with Gasteiger partial charge in [0.05, 0.1) is 25.9 Å². The lowest BCUT2D eigenvalue weighted by molar-refractivity contribution is 0.0450. The second-order valence-corrected chi connectivity index (χ2v) is 2.89. The zero-order valence-corrected chi connectivity index (χ0v) is 10.5. The number of hydrogen-bond donors (Lipinski definition) is 4. The predicted octanol–water partition coefficient (Wildman–Crippen LogP) is -0.0721. The molecule has 4 N–H and O–H groups in total. The van der Waals surface area contributed by atoms with Crippen LogP contribution in [0.2, 0.25) is 0 Å². The van der Waals surface area contributed by atoms with E-state index in [1.54, 1.807) is 13.0 Å². The van der Waals surface area contributed by atoms with Gasteiger partial charge in [-0.15, -0.1) is 6.58 Å². The molecule has 0 radical (unpaired) electrons. The van der Waals surface area contributed by atoms with Gasteiger partial charge in [0.25, 0.3) is 0 Å². The summed E-state index contributed by atoms with van der Waals surface area (Å²) in [5, 5.41) is 31.6. The molecule has 0 aliphatic carbocycles. The van der Waals surface area contributed by atoms with E-state index in [1.165, 1.54) is 0 Å². The van der Waals surface area contributed by atoms with Crippen LogP contribution in [0, 0.1) is 0 Å². The number of epoxide rings is 1. The molecule has 5 heteroatoms. The molecule has 0 aromatic rings. The van der Waals surface area contributed by atoms with Gasteiger partial charge >= 0.3 is 0 Å². The van der Waals surface area contributed by atoms with E-state index in [9.17, 15) is 0 Å². The van der Waals surface area contributed by atoms with Gasteiger partial charge in [0, 0.05) is 6.61 Å². The first kappa shape index (κ1) is 20.9. The molecule has 0 aromatic heterocycles. The van der Waals surface area contributed by atoms with Crippen molar-refractivity contribution in [1.82, 2.24) is 0 Å². The summed E-state index contributed by atoms with van der Waals surface area (Å²) in [6.45, 7) is 9.49.